The molecule has 0 atom stereocenters. The smallest absolute Gasteiger partial charge is 0.240 e. The Morgan fingerprint density at radius 1 is 1.19 bits per heavy atom. The summed E-state index contributed by atoms with van der Waals surface area (Å²) in [5.41, 5.74) is 3.41. The second kappa shape index (κ2) is 11.2. The number of allylic oxidation sites excluding steroid dienone is 1. The molecule has 0 saturated carbocycles. The molecule has 0 aliphatic heterocycles. The molecule has 0 bridgehead atoms. The zero-order valence-corrected chi connectivity index (χ0v) is 21.8. The maximum absolute atomic E-state index is 15.8. The fourth-order valence-electron chi connectivity index (χ4n) is 3.50. The molecule has 2 aromatic heterocycles. The predicted octanol–water partition coefficient (Wildman–Crippen LogP) is 7.79. The minimum Gasteiger partial charge on any atom is -0.240 e. The largest absolute Gasteiger partial charge is 0.330 e. The molecular formula is C25H21ClF2N5OS2+. The van der Waals surface area contributed by atoms with E-state index in [1.165, 1.54) is 47.5 Å². The van der Waals surface area contributed by atoms with Gasteiger partial charge in [-0.15, -0.1) is 23.3 Å². The van der Waals surface area contributed by atoms with Gasteiger partial charge in [0.2, 0.25) is 5.82 Å². The number of anilines is 1. The standard InChI is InChI=1S/C25H21ClF2N5OS2/c1-4-5-12-19-30-21(24(36-19)22-16(26)13-29-25(31-22)35-3)15-9-7-11-18(20(15)28)32-33(34)23-14(2)8-6-10-17(23)27/h4,6-11,13H,1,5,12H2,2-3H3,(H,32,34)/q+1. The van der Waals surface area contributed by atoms with E-state index in [4.69, 9.17) is 11.6 Å². The molecule has 0 aliphatic rings. The van der Waals surface area contributed by atoms with Crippen molar-refractivity contribution in [3.63, 3.8) is 0 Å². The van der Waals surface area contributed by atoms with Crippen LogP contribution in [0.5, 0.6) is 0 Å². The van der Waals surface area contributed by atoms with Crippen molar-refractivity contribution < 1.29 is 13.6 Å². The Kier molecular flexibility index (Phi) is 8.07. The van der Waals surface area contributed by atoms with Crippen LogP contribution in [-0.2, 0) is 6.42 Å². The number of thioether (sulfide) groups is 1. The molecule has 184 valence electrons. The number of hydrogen-bond acceptors (Lipinski definition) is 6. The highest BCUT2D eigenvalue weighted by atomic mass is 35.5. The summed E-state index contributed by atoms with van der Waals surface area (Å²) in [5, 5.41) is 1.58. The molecule has 2 heterocycles. The fourth-order valence-corrected chi connectivity index (χ4v) is 5.17. The lowest BCUT2D eigenvalue weighted by Crippen LogP contribution is -2.14. The Balaban J connectivity index is 1.80. The van der Waals surface area contributed by atoms with Crippen molar-refractivity contribution in [3.8, 4) is 21.8 Å². The quantitative estimate of drug-likeness (QED) is 0.0762. The van der Waals surface area contributed by atoms with Crippen LogP contribution in [0.2, 0.25) is 5.02 Å². The van der Waals surface area contributed by atoms with Gasteiger partial charge in [-0.3, -0.25) is 0 Å². The molecule has 6 nitrogen and oxygen atoms in total. The van der Waals surface area contributed by atoms with Crippen molar-refractivity contribution in [2.75, 3.05) is 11.7 Å². The van der Waals surface area contributed by atoms with Crippen LogP contribution in [0.15, 0.2) is 60.4 Å². The van der Waals surface area contributed by atoms with E-state index in [2.05, 4.69) is 27.0 Å². The Bertz CT molecular complexity index is 1440. The average molecular weight is 545 g/mol. The molecule has 4 rings (SSSR count). The van der Waals surface area contributed by atoms with Gasteiger partial charge in [-0.25, -0.2) is 19.3 Å². The highest BCUT2D eigenvalue weighted by molar-refractivity contribution is 7.98. The zero-order chi connectivity index (χ0) is 25.8. The summed E-state index contributed by atoms with van der Waals surface area (Å²) in [6.45, 7) is 5.35. The van der Waals surface area contributed by atoms with Crippen molar-refractivity contribution in [2.45, 2.75) is 24.9 Å². The van der Waals surface area contributed by atoms with Crippen LogP contribution in [0.25, 0.3) is 21.8 Å². The molecule has 0 saturated heterocycles. The first-order valence-electron chi connectivity index (χ1n) is 10.8. The molecule has 0 radical (unpaired) electrons. The summed E-state index contributed by atoms with van der Waals surface area (Å²) in [4.78, 5) is 26.9. The van der Waals surface area contributed by atoms with Crippen LogP contribution < -0.4 is 5.43 Å². The first kappa shape index (κ1) is 25.9. The number of hydrogen-bond donors (Lipinski definition) is 1. The van der Waals surface area contributed by atoms with Crippen molar-refractivity contribution in [2.24, 2.45) is 0 Å². The number of halogens is 3. The van der Waals surface area contributed by atoms with Gasteiger partial charge in [0.15, 0.2) is 15.8 Å². The van der Waals surface area contributed by atoms with E-state index in [1.807, 2.05) is 6.26 Å². The number of aryl methyl sites for hydroxylation is 2. The van der Waals surface area contributed by atoms with Gasteiger partial charge in [0.1, 0.15) is 11.4 Å². The van der Waals surface area contributed by atoms with E-state index in [9.17, 15) is 9.30 Å². The predicted molar refractivity (Wildman–Crippen MR) is 142 cm³/mol. The van der Waals surface area contributed by atoms with Crippen LogP contribution in [0.3, 0.4) is 0 Å². The van der Waals surface area contributed by atoms with Crippen molar-refractivity contribution in [1.29, 1.82) is 0 Å². The first-order valence-corrected chi connectivity index (χ1v) is 13.2. The summed E-state index contributed by atoms with van der Waals surface area (Å²) >= 11 is 9.15. The minimum absolute atomic E-state index is 0.129. The van der Waals surface area contributed by atoms with Gasteiger partial charge in [-0.2, -0.15) is 4.39 Å². The van der Waals surface area contributed by atoms with Crippen molar-refractivity contribution in [1.82, 2.24) is 15.0 Å². The summed E-state index contributed by atoms with van der Waals surface area (Å²) in [7, 11) is 0. The van der Waals surface area contributed by atoms with Crippen molar-refractivity contribution in [3.05, 3.63) is 87.4 Å². The molecule has 11 heteroatoms. The lowest BCUT2D eigenvalue weighted by Gasteiger charge is -2.08. The molecule has 0 aliphatic carbocycles. The van der Waals surface area contributed by atoms with E-state index >= 15 is 4.39 Å². The first-order chi connectivity index (χ1) is 17.3. The molecule has 2 aromatic carbocycles. The maximum atomic E-state index is 15.8. The van der Waals surface area contributed by atoms with Crippen LogP contribution in [0, 0.1) is 23.5 Å². The fraction of sp³-hybridized carbons (Fsp3) is 0.160. The van der Waals surface area contributed by atoms with Gasteiger partial charge in [0.05, 0.1) is 31.7 Å². The summed E-state index contributed by atoms with van der Waals surface area (Å²) in [6, 6.07) is 8.81. The lowest BCUT2D eigenvalue weighted by atomic mass is 10.1. The van der Waals surface area contributed by atoms with E-state index < -0.39 is 11.6 Å². The van der Waals surface area contributed by atoms with Gasteiger partial charge >= 0.3 is 5.69 Å². The number of rotatable bonds is 9. The summed E-state index contributed by atoms with van der Waals surface area (Å²) < 4.78 is 30.1. The summed E-state index contributed by atoms with van der Waals surface area (Å²) in [6.07, 6.45) is 6.43. The topological polar surface area (TPSA) is 70.8 Å². The Morgan fingerprint density at radius 2 is 1.97 bits per heavy atom. The highest BCUT2D eigenvalue weighted by Crippen LogP contribution is 2.41. The van der Waals surface area contributed by atoms with Gasteiger partial charge in [0.25, 0.3) is 0 Å². The van der Waals surface area contributed by atoms with Crippen LogP contribution in [0.4, 0.5) is 20.2 Å². The third-order valence-corrected chi connectivity index (χ3v) is 7.18. The molecule has 0 spiro atoms. The van der Waals surface area contributed by atoms with Gasteiger partial charge < -0.3 is 0 Å². The number of nitrogens with zero attached hydrogens (tertiary/aromatic N) is 4. The third kappa shape index (κ3) is 5.30. The van der Waals surface area contributed by atoms with E-state index in [0.29, 0.717) is 44.8 Å². The zero-order valence-electron chi connectivity index (χ0n) is 19.4. The van der Waals surface area contributed by atoms with Crippen LogP contribution in [-0.4, -0.2) is 26.1 Å². The number of hydrazine groups is 1. The Morgan fingerprint density at radius 3 is 2.69 bits per heavy atom. The summed E-state index contributed by atoms with van der Waals surface area (Å²) in [5.74, 6) is -1.44. The number of para-hydroxylation sites is 1. The monoisotopic (exact) mass is 544 g/mol. The molecule has 0 unspecified atom stereocenters. The molecule has 0 amide bonds. The molecule has 1 N–H and O–H groups in total. The van der Waals surface area contributed by atoms with E-state index in [0.717, 1.165) is 5.01 Å². The SMILES string of the molecule is C=CCCc1nc(-c2cccc(N[N+](=O)c3c(C)cccc3F)c2F)c(-c2nc(SC)ncc2Cl)s1. The van der Waals surface area contributed by atoms with Gasteiger partial charge in [-0.05, 0) is 37.8 Å². The molecule has 0 fully saturated rings. The van der Waals surface area contributed by atoms with Gasteiger partial charge in [-0.1, -0.05) is 47.6 Å². The number of nitroso groups, excluding NO2 is 1. The van der Waals surface area contributed by atoms with Crippen molar-refractivity contribution >= 4 is 46.1 Å². The third-order valence-electron chi connectivity index (χ3n) is 5.22. The van der Waals surface area contributed by atoms with E-state index in [-0.39, 0.29) is 21.8 Å². The number of thiazole rings is 1. The molecular weight excluding hydrogens is 524 g/mol. The van der Waals surface area contributed by atoms with E-state index in [1.54, 1.807) is 31.2 Å². The molecule has 36 heavy (non-hydrogen) atoms. The highest BCUT2D eigenvalue weighted by Gasteiger charge is 2.27. The second-order valence-corrected chi connectivity index (χ2v) is 9.91. The van der Waals surface area contributed by atoms with Crippen LogP contribution >= 0.6 is 34.7 Å². The maximum Gasteiger partial charge on any atom is 0.330 e. The number of nitrogens with one attached hydrogen (secondary N) is 1. The average Bonchev–Trinajstić information content (AvgIpc) is 3.28. The number of aromatic nitrogens is 3. The van der Waals surface area contributed by atoms with Crippen LogP contribution in [0.1, 0.15) is 17.0 Å². The minimum atomic E-state index is -0.718. The Labute approximate surface area is 220 Å². The Hall–Kier alpha value is -3.21. The number of benzene rings is 2. The van der Waals surface area contributed by atoms with Gasteiger partial charge in [0, 0.05) is 17.5 Å². The normalized spacial score (nSPS) is 10.9. The lowest BCUT2D eigenvalue weighted by molar-refractivity contribution is -0.431. The molecule has 4 aromatic rings. The second-order valence-electron chi connectivity index (χ2n) is 7.64.